The summed E-state index contributed by atoms with van der Waals surface area (Å²) in [4.78, 5) is 22.3. The van der Waals surface area contributed by atoms with Crippen LogP contribution in [0.3, 0.4) is 0 Å². The summed E-state index contributed by atoms with van der Waals surface area (Å²) >= 11 is 4.10. The number of nitrogens with zero attached hydrogens (tertiary/aromatic N) is 2. The van der Waals surface area contributed by atoms with Crippen LogP contribution in [0.25, 0.3) is 0 Å². The molecule has 2 aromatic rings. The molecule has 0 aliphatic carbocycles. The Bertz CT molecular complexity index is 616. The Morgan fingerprint density at radius 2 is 1.79 bits per heavy atom. The average Bonchev–Trinajstić information content (AvgIpc) is 2.46. The predicted octanol–water partition coefficient (Wildman–Crippen LogP) is 3.09. The van der Waals surface area contributed by atoms with Gasteiger partial charge in [-0.25, -0.2) is 0 Å². The second-order valence-electron chi connectivity index (χ2n) is 3.76. The second kappa shape index (κ2) is 5.53. The fourth-order valence-corrected chi connectivity index (χ4v) is 1.80. The van der Waals surface area contributed by atoms with Crippen LogP contribution < -0.4 is 4.31 Å². The summed E-state index contributed by atoms with van der Waals surface area (Å²) < 4.78 is 1.09. The van der Waals surface area contributed by atoms with Gasteiger partial charge in [-0.3, -0.25) is 19.2 Å². The Labute approximate surface area is 115 Å². The Hall–Kier alpha value is -2.34. The molecule has 5 nitrogen and oxygen atoms in total. The van der Waals surface area contributed by atoms with E-state index >= 15 is 0 Å². The molecule has 0 unspecified atom stereocenters. The Balaban J connectivity index is 2.29. The number of thiol groups is 1. The molecule has 1 amide bonds. The van der Waals surface area contributed by atoms with Crippen LogP contribution in [0.15, 0.2) is 54.6 Å². The van der Waals surface area contributed by atoms with Crippen LogP contribution in [0.1, 0.15) is 10.4 Å². The summed E-state index contributed by atoms with van der Waals surface area (Å²) in [5.74, 6) is -0.343. The Morgan fingerprint density at radius 3 is 2.42 bits per heavy atom. The summed E-state index contributed by atoms with van der Waals surface area (Å²) in [6.07, 6.45) is 0. The van der Waals surface area contributed by atoms with Crippen molar-refractivity contribution in [3.8, 4) is 0 Å². The molecule has 2 aromatic carbocycles. The molecule has 0 saturated heterocycles. The first-order chi connectivity index (χ1) is 9.09. The summed E-state index contributed by atoms with van der Waals surface area (Å²) in [6.45, 7) is 0. The van der Waals surface area contributed by atoms with E-state index in [0.717, 1.165) is 4.31 Å². The van der Waals surface area contributed by atoms with E-state index in [2.05, 4.69) is 12.8 Å². The van der Waals surface area contributed by atoms with Crippen molar-refractivity contribution in [1.82, 2.24) is 0 Å². The van der Waals surface area contributed by atoms with Gasteiger partial charge in [-0.2, -0.15) is 0 Å². The Morgan fingerprint density at radius 1 is 1.11 bits per heavy atom. The van der Waals surface area contributed by atoms with Crippen LogP contribution in [0.5, 0.6) is 0 Å². The van der Waals surface area contributed by atoms with E-state index in [4.69, 9.17) is 0 Å². The molecular weight excluding hydrogens is 264 g/mol. The van der Waals surface area contributed by atoms with Crippen LogP contribution >= 0.6 is 12.8 Å². The van der Waals surface area contributed by atoms with Gasteiger partial charge >= 0.3 is 0 Å². The minimum Gasteiger partial charge on any atom is -0.268 e. The molecule has 0 bridgehead atoms. The van der Waals surface area contributed by atoms with Gasteiger partial charge in [0.05, 0.1) is 10.6 Å². The van der Waals surface area contributed by atoms with Gasteiger partial charge in [-0.1, -0.05) is 37.1 Å². The third kappa shape index (κ3) is 2.92. The standard InChI is InChI=1S/C13H10N2O3S/c16-13(10-5-2-1-3-6-10)14(19)11-7-4-8-12(9-11)15(17)18/h1-9,19H. The normalized spacial score (nSPS) is 9.95. The molecule has 0 spiro atoms. The number of hydrogen-bond acceptors (Lipinski definition) is 4. The summed E-state index contributed by atoms with van der Waals surface area (Å²) in [7, 11) is 0. The van der Waals surface area contributed by atoms with E-state index in [9.17, 15) is 14.9 Å². The van der Waals surface area contributed by atoms with Crippen molar-refractivity contribution in [3.63, 3.8) is 0 Å². The molecule has 0 aliphatic rings. The minimum absolute atomic E-state index is 0.0857. The first kappa shape index (κ1) is 13.1. The van der Waals surface area contributed by atoms with Crippen molar-refractivity contribution < 1.29 is 9.72 Å². The Kier molecular flexibility index (Phi) is 3.82. The largest absolute Gasteiger partial charge is 0.271 e. The number of anilines is 1. The first-order valence-corrected chi connectivity index (χ1v) is 5.82. The van der Waals surface area contributed by atoms with E-state index < -0.39 is 4.92 Å². The fourth-order valence-electron chi connectivity index (χ4n) is 1.56. The maximum atomic E-state index is 12.1. The molecule has 0 heterocycles. The monoisotopic (exact) mass is 274 g/mol. The van der Waals surface area contributed by atoms with Crippen LogP contribution in [0.4, 0.5) is 11.4 Å². The molecule has 96 valence electrons. The third-order valence-electron chi connectivity index (χ3n) is 2.50. The number of non-ortho nitro benzene ring substituents is 1. The van der Waals surface area contributed by atoms with E-state index in [1.54, 1.807) is 36.4 Å². The SMILES string of the molecule is O=C(c1ccccc1)N(S)c1cccc([N+](=O)[O-])c1. The zero-order chi connectivity index (χ0) is 13.8. The van der Waals surface area contributed by atoms with Gasteiger partial charge in [-0.15, -0.1) is 0 Å². The molecule has 0 aromatic heterocycles. The summed E-state index contributed by atoms with van der Waals surface area (Å²) in [6, 6.07) is 14.3. The molecule has 0 atom stereocenters. The van der Waals surface area contributed by atoms with Crippen molar-refractivity contribution in [3.05, 3.63) is 70.3 Å². The maximum Gasteiger partial charge on any atom is 0.271 e. The molecular formula is C13H10N2O3S. The van der Waals surface area contributed by atoms with E-state index in [0.29, 0.717) is 11.3 Å². The number of hydrogen-bond donors (Lipinski definition) is 1. The van der Waals surface area contributed by atoms with Crippen LogP contribution in [-0.4, -0.2) is 10.8 Å². The quantitative estimate of drug-likeness (QED) is 0.531. The van der Waals surface area contributed by atoms with Gasteiger partial charge in [0.25, 0.3) is 11.6 Å². The van der Waals surface area contributed by atoms with Gasteiger partial charge in [-0.05, 0) is 18.2 Å². The highest BCUT2D eigenvalue weighted by Crippen LogP contribution is 2.23. The third-order valence-corrected chi connectivity index (χ3v) is 2.91. The van der Waals surface area contributed by atoms with Crippen molar-refractivity contribution in [2.45, 2.75) is 0 Å². The highest BCUT2D eigenvalue weighted by molar-refractivity contribution is 7.82. The second-order valence-corrected chi connectivity index (χ2v) is 4.16. The van der Waals surface area contributed by atoms with E-state index in [-0.39, 0.29) is 11.6 Å². The molecule has 0 fully saturated rings. The van der Waals surface area contributed by atoms with Crippen LogP contribution in [-0.2, 0) is 0 Å². The lowest BCUT2D eigenvalue weighted by Gasteiger charge is -2.15. The fraction of sp³-hybridized carbons (Fsp3) is 0. The lowest BCUT2D eigenvalue weighted by atomic mass is 10.2. The van der Waals surface area contributed by atoms with Gasteiger partial charge in [0.2, 0.25) is 0 Å². The topological polar surface area (TPSA) is 63.5 Å². The molecule has 0 aliphatic heterocycles. The predicted molar refractivity (Wildman–Crippen MR) is 75.3 cm³/mol. The number of carbonyl (C=O) groups excluding carboxylic acids is 1. The molecule has 19 heavy (non-hydrogen) atoms. The molecule has 0 saturated carbocycles. The number of rotatable bonds is 3. The average molecular weight is 274 g/mol. The highest BCUT2D eigenvalue weighted by Gasteiger charge is 2.16. The zero-order valence-electron chi connectivity index (χ0n) is 9.76. The first-order valence-electron chi connectivity index (χ1n) is 5.42. The van der Waals surface area contributed by atoms with Crippen molar-refractivity contribution >= 4 is 30.1 Å². The lowest BCUT2D eigenvalue weighted by Crippen LogP contribution is -2.20. The van der Waals surface area contributed by atoms with Gasteiger partial charge in [0.15, 0.2) is 0 Å². The highest BCUT2D eigenvalue weighted by atomic mass is 32.1. The van der Waals surface area contributed by atoms with E-state index in [1.807, 2.05) is 0 Å². The smallest absolute Gasteiger partial charge is 0.268 e. The van der Waals surface area contributed by atoms with E-state index in [1.165, 1.54) is 18.2 Å². The zero-order valence-corrected chi connectivity index (χ0v) is 10.7. The number of benzene rings is 2. The summed E-state index contributed by atoms with van der Waals surface area (Å²) in [5.41, 5.74) is 0.729. The number of carbonyl (C=O) groups is 1. The molecule has 6 heteroatoms. The number of nitro benzene ring substituents is 1. The van der Waals surface area contributed by atoms with Crippen LogP contribution in [0, 0.1) is 10.1 Å². The maximum absolute atomic E-state index is 12.1. The van der Waals surface area contributed by atoms with Gasteiger partial charge in [0.1, 0.15) is 0 Å². The number of nitro groups is 1. The summed E-state index contributed by atoms with van der Waals surface area (Å²) in [5, 5.41) is 10.7. The number of amides is 1. The molecule has 2 rings (SSSR count). The van der Waals surface area contributed by atoms with Crippen molar-refractivity contribution in [2.24, 2.45) is 0 Å². The minimum atomic E-state index is -0.516. The van der Waals surface area contributed by atoms with Gasteiger partial charge < -0.3 is 0 Å². The molecule has 0 N–H and O–H groups in total. The van der Waals surface area contributed by atoms with Gasteiger partial charge in [0, 0.05) is 17.7 Å². The van der Waals surface area contributed by atoms with Crippen LogP contribution in [0.2, 0.25) is 0 Å². The lowest BCUT2D eigenvalue weighted by molar-refractivity contribution is -0.384. The van der Waals surface area contributed by atoms with Crippen molar-refractivity contribution in [2.75, 3.05) is 4.31 Å². The van der Waals surface area contributed by atoms with Crippen molar-refractivity contribution in [1.29, 1.82) is 0 Å². The molecule has 0 radical (unpaired) electrons.